The second kappa shape index (κ2) is 8.04. The first-order valence-corrected chi connectivity index (χ1v) is 7.15. The van der Waals surface area contributed by atoms with Crippen molar-refractivity contribution in [3.63, 3.8) is 0 Å². The Labute approximate surface area is 125 Å². The molecule has 1 aromatic carbocycles. The summed E-state index contributed by atoms with van der Waals surface area (Å²) in [5.74, 6) is -0.167. The Hall–Kier alpha value is -2.36. The van der Waals surface area contributed by atoms with Gasteiger partial charge in [-0.05, 0) is 48.7 Å². The molecule has 1 aromatic heterocycles. The largest absolute Gasteiger partial charge is 0.466 e. The summed E-state index contributed by atoms with van der Waals surface area (Å²) in [5.41, 5.74) is 3.50. The van der Waals surface area contributed by atoms with Crippen LogP contribution < -0.4 is 5.32 Å². The van der Waals surface area contributed by atoms with Crippen LogP contribution in [-0.4, -0.2) is 24.1 Å². The van der Waals surface area contributed by atoms with Crippen LogP contribution >= 0.6 is 0 Å². The van der Waals surface area contributed by atoms with Gasteiger partial charge in [-0.1, -0.05) is 12.1 Å². The highest BCUT2D eigenvalue weighted by Gasteiger charge is 2.01. The van der Waals surface area contributed by atoms with Gasteiger partial charge in [0.15, 0.2) is 0 Å². The van der Waals surface area contributed by atoms with E-state index in [0.717, 1.165) is 12.1 Å². The summed E-state index contributed by atoms with van der Waals surface area (Å²) in [4.78, 5) is 15.2. The fourth-order valence-corrected chi connectivity index (χ4v) is 2.02. The maximum atomic E-state index is 11.2. The third kappa shape index (κ3) is 5.26. The van der Waals surface area contributed by atoms with Crippen LogP contribution in [0.4, 0.5) is 5.69 Å². The van der Waals surface area contributed by atoms with E-state index in [1.165, 1.54) is 11.1 Å². The van der Waals surface area contributed by atoms with Crippen LogP contribution in [0.1, 0.15) is 24.5 Å². The molecule has 0 atom stereocenters. The quantitative estimate of drug-likeness (QED) is 0.794. The molecule has 4 heteroatoms. The van der Waals surface area contributed by atoms with Crippen molar-refractivity contribution < 1.29 is 9.53 Å². The fraction of sp³-hybridized carbons (Fsp3) is 0.294. The summed E-state index contributed by atoms with van der Waals surface area (Å²) >= 11 is 0. The number of carbonyl (C=O) groups excluding carboxylic acids is 1. The molecule has 110 valence electrons. The molecule has 0 unspecified atom stereocenters. The maximum Gasteiger partial charge on any atom is 0.307 e. The number of nitrogens with one attached hydrogen (secondary N) is 1. The summed E-state index contributed by atoms with van der Waals surface area (Å²) in [7, 11) is 0. The van der Waals surface area contributed by atoms with E-state index in [9.17, 15) is 4.79 Å². The molecule has 4 nitrogen and oxygen atoms in total. The summed E-state index contributed by atoms with van der Waals surface area (Å²) in [6.45, 7) is 2.83. The van der Waals surface area contributed by atoms with Crippen molar-refractivity contribution in [1.29, 1.82) is 0 Å². The van der Waals surface area contributed by atoms with Gasteiger partial charge in [0, 0.05) is 24.6 Å². The van der Waals surface area contributed by atoms with Crippen molar-refractivity contribution >= 4 is 11.7 Å². The summed E-state index contributed by atoms with van der Waals surface area (Å²) in [6.07, 6.45) is 4.89. The Morgan fingerprint density at radius 3 is 2.43 bits per heavy atom. The highest BCUT2D eigenvalue weighted by molar-refractivity contribution is 5.70. The van der Waals surface area contributed by atoms with Gasteiger partial charge in [-0.2, -0.15) is 0 Å². The number of hydrogen-bond donors (Lipinski definition) is 1. The number of nitrogens with zero attached hydrogens (tertiary/aromatic N) is 1. The van der Waals surface area contributed by atoms with Gasteiger partial charge in [0.05, 0.1) is 13.0 Å². The van der Waals surface area contributed by atoms with Crippen LogP contribution in [0.25, 0.3) is 0 Å². The number of ether oxygens (including phenoxy) is 1. The van der Waals surface area contributed by atoms with E-state index < -0.39 is 0 Å². The molecule has 1 heterocycles. The number of carbonyl (C=O) groups is 1. The minimum atomic E-state index is -0.167. The molecule has 0 saturated carbocycles. The molecule has 0 radical (unpaired) electrons. The van der Waals surface area contributed by atoms with Gasteiger partial charge in [0.25, 0.3) is 0 Å². The molecule has 0 aliphatic heterocycles. The highest BCUT2D eigenvalue weighted by Crippen LogP contribution is 2.13. The number of rotatable bonds is 7. The lowest BCUT2D eigenvalue weighted by Gasteiger charge is -2.07. The molecule has 0 fully saturated rings. The van der Waals surface area contributed by atoms with Crippen LogP contribution in [0.15, 0.2) is 48.8 Å². The number of aromatic nitrogens is 1. The Bertz CT molecular complexity index is 553. The molecule has 1 N–H and O–H groups in total. The first kappa shape index (κ1) is 15.0. The van der Waals surface area contributed by atoms with E-state index in [1.807, 2.05) is 31.2 Å². The third-order valence-corrected chi connectivity index (χ3v) is 3.08. The lowest BCUT2D eigenvalue weighted by molar-refractivity contribution is -0.142. The van der Waals surface area contributed by atoms with Crippen LogP contribution in [0.5, 0.6) is 0 Å². The summed E-state index contributed by atoms with van der Waals surface area (Å²) in [6, 6.07) is 12.3. The molecule has 2 rings (SSSR count). The van der Waals surface area contributed by atoms with Crippen LogP contribution in [0, 0.1) is 0 Å². The topological polar surface area (TPSA) is 51.2 Å². The predicted octanol–water partition coefficient (Wildman–Crippen LogP) is 3.04. The van der Waals surface area contributed by atoms with Gasteiger partial charge < -0.3 is 10.1 Å². The molecule has 0 aliphatic rings. The third-order valence-electron chi connectivity index (χ3n) is 3.08. The van der Waals surface area contributed by atoms with Gasteiger partial charge in [0.1, 0.15) is 0 Å². The molecule has 0 saturated heterocycles. The average Bonchev–Trinajstić information content (AvgIpc) is 2.50. The van der Waals surface area contributed by atoms with Gasteiger partial charge in [-0.25, -0.2) is 0 Å². The van der Waals surface area contributed by atoms with Crippen molar-refractivity contribution in [2.75, 3.05) is 18.5 Å². The molecular formula is C17H20N2O2. The summed E-state index contributed by atoms with van der Waals surface area (Å²) in [5, 5.41) is 3.21. The second-order valence-electron chi connectivity index (χ2n) is 4.71. The Morgan fingerprint density at radius 1 is 1.10 bits per heavy atom. The normalized spacial score (nSPS) is 10.1. The van der Waals surface area contributed by atoms with Gasteiger partial charge >= 0.3 is 5.97 Å². The predicted molar refractivity (Wildman–Crippen MR) is 83.2 cm³/mol. The molecule has 2 aromatic rings. The first-order valence-electron chi connectivity index (χ1n) is 7.15. The van der Waals surface area contributed by atoms with Gasteiger partial charge in [-0.3, -0.25) is 9.78 Å². The van der Waals surface area contributed by atoms with Crippen LogP contribution in [0.2, 0.25) is 0 Å². The second-order valence-corrected chi connectivity index (χ2v) is 4.71. The highest BCUT2D eigenvalue weighted by atomic mass is 16.5. The number of pyridine rings is 1. The monoisotopic (exact) mass is 284 g/mol. The minimum Gasteiger partial charge on any atom is -0.466 e. The van der Waals surface area contributed by atoms with Gasteiger partial charge in [-0.15, -0.1) is 0 Å². The fourth-order valence-electron chi connectivity index (χ4n) is 2.02. The number of esters is 1. The van der Waals surface area contributed by atoms with E-state index in [2.05, 4.69) is 22.4 Å². The molecule has 0 aliphatic carbocycles. The molecule has 0 spiro atoms. The van der Waals surface area contributed by atoms with E-state index in [0.29, 0.717) is 19.6 Å². The van der Waals surface area contributed by atoms with E-state index in [-0.39, 0.29) is 5.97 Å². The van der Waals surface area contributed by atoms with Crippen LogP contribution in [0.3, 0.4) is 0 Å². The zero-order chi connectivity index (χ0) is 14.9. The lowest BCUT2D eigenvalue weighted by Crippen LogP contribution is -2.11. The van der Waals surface area contributed by atoms with E-state index in [4.69, 9.17) is 4.74 Å². The van der Waals surface area contributed by atoms with Crippen molar-refractivity contribution in [2.24, 2.45) is 0 Å². The SMILES string of the molecule is CCOC(=O)CCNc1ccc(Cc2ccncc2)cc1. The zero-order valence-electron chi connectivity index (χ0n) is 12.2. The van der Waals surface area contributed by atoms with Crippen molar-refractivity contribution in [1.82, 2.24) is 4.98 Å². The zero-order valence-corrected chi connectivity index (χ0v) is 12.2. The molecule has 0 amide bonds. The Kier molecular flexibility index (Phi) is 5.76. The average molecular weight is 284 g/mol. The maximum absolute atomic E-state index is 11.2. The van der Waals surface area contributed by atoms with E-state index in [1.54, 1.807) is 12.4 Å². The first-order chi connectivity index (χ1) is 10.3. The standard InChI is InChI=1S/C17H20N2O2/c1-2-21-17(20)9-12-19-16-5-3-14(4-6-16)13-15-7-10-18-11-8-15/h3-8,10-11,19H,2,9,12-13H2,1H3. The molecule has 0 bridgehead atoms. The van der Waals surface area contributed by atoms with E-state index >= 15 is 0 Å². The van der Waals surface area contributed by atoms with Crippen molar-refractivity contribution in [2.45, 2.75) is 19.8 Å². The number of hydrogen-bond acceptors (Lipinski definition) is 4. The van der Waals surface area contributed by atoms with Crippen LogP contribution in [-0.2, 0) is 16.0 Å². The Balaban J connectivity index is 1.80. The van der Waals surface area contributed by atoms with Crippen molar-refractivity contribution in [3.8, 4) is 0 Å². The number of anilines is 1. The Morgan fingerprint density at radius 2 is 1.76 bits per heavy atom. The smallest absolute Gasteiger partial charge is 0.307 e. The number of benzene rings is 1. The molecular weight excluding hydrogens is 264 g/mol. The lowest BCUT2D eigenvalue weighted by atomic mass is 10.1. The minimum absolute atomic E-state index is 0.167. The van der Waals surface area contributed by atoms with Crippen molar-refractivity contribution in [3.05, 3.63) is 59.9 Å². The molecule has 21 heavy (non-hydrogen) atoms. The van der Waals surface area contributed by atoms with Gasteiger partial charge in [0.2, 0.25) is 0 Å². The summed E-state index contributed by atoms with van der Waals surface area (Å²) < 4.78 is 4.88.